The Morgan fingerprint density at radius 2 is 1.75 bits per heavy atom. The fourth-order valence-electron chi connectivity index (χ4n) is 1.71. The molecule has 2 aromatic carbocycles. The van der Waals surface area contributed by atoms with Crippen LogP contribution in [0.5, 0.6) is 0 Å². The highest BCUT2D eigenvalue weighted by atomic mass is 79.9. The molecule has 104 valence electrons. The highest BCUT2D eigenvalue weighted by Crippen LogP contribution is 2.26. The summed E-state index contributed by atoms with van der Waals surface area (Å²) in [7, 11) is -3.63. The van der Waals surface area contributed by atoms with Crippen LogP contribution in [-0.4, -0.2) is 13.3 Å². The molecule has 0 aromatic heterocycles. The van der Waals surface area contributed by atoms with Crippen LogP contribution in [0.2, 0.25) is 0 Å². The van der Waals surface area contributed by atoms with Crippen LogP contribution in [0.4, 0.5) is 5.69 Å². The second kappa shape index (κ2) is 5.72. The van der Waals surface area contributed by atoms with Crippen LogP contribution in [0.1, 0.15) is 5.56 Å². The predicted molar refractivity (Wildman–Crippen MR) is 78.1 cm³/mol. The molecule has 0 unspecified atom stereocenters. The second-order valence-corrected chi connectivity index (χ2v) is 7.05. The standard InChI is InChI=1S/C13H10BrNO4S/c14-11-6-12(15(16)17)8-13(7-11)20(18,19)9-10-4-2-1-3-5-10/h1-8H,9H2. The zero-order chi connectivity index (χ0) is 14.8. The molecule has 0 fully saturated rings. The van der Waals surface area contributed by atoms with E-state index in [2.05, 4.69) is 15.9 Å². The van der Waals surface area contributed by atoms with Gasteiger partial charge in [0.2, 0.25) is 0 Å². The summed E-state index contributed by atoms with van der Waals surface area (Å²) in [6.07, 6.45) is 0. The lowest BCUT2D eigenvalue weighted by Gasteiger charge is -2.05. The lowest BCUT2D eigenvalue weighted by atomic mass is 10.2. The molecular formula is C13H10BrNO4S. The molecule has 7 heteroatoms. The van der Waals surface area contributed by atoms with E-state index in [0.717, 1.165) is 6.07 Å². The van der Waals surface area contributed by atoms with Crippen LogP contribution in [0.25, 0.3) is 0 Å². The monoisotopic (exact) mass is 355 g/mol. The molecule has 5 nitrogen and oxygen atoms in total. The summed E-state index contributed by atoms with van der Waals surface area (Å²) in [6, 6.07) is 12.4. The van der Waals surface area contributed by atoms with Gasteiger partial charge in [-0.1, -0.05) is 46.3 Å². The first-order valence-corrected chi connectivity index (χ1v) is 8.05. The van der Waals surface area contributed by atoms with E-state index >= 15 is 0 Å². The van der Waals surface area contributed by atoms with Crippen molar-refractivity contribution in [3.63, 3.8) is 0 Å². The van der Waals surface area contributed by atoms with Gasteiger partial charge in [-0.25, -0.2) is 8.42 Å². The molecule has 0 bridgehead atoms. The van der Waals surface area contributed by atoms with Crippen LogP contribution < -0.4 is 0 Å². The minimum Gasteiger partial charge on any atom is -0.258 e. The van der Waals surface area contributed by atoms with Crippen molar-refractivity contribution in [1.82, 2.24) is 0 Å². The zero-order valence-electron chi connectivity index (χ0n) is 10.2. The molecule has 0 amide bonds. The molecule has 0 radical (unpaired) electrons. The fourth-order valence-corrected chi connectivity index (χ4v) is 3.75. The van der Waals surface area contributed by atoms with Gasteiger partial charge in [-0.15, -0.1) is 0 Å². The van der Waals surface area contributed by atoms with E-state index in [1.54, 1.807) is 30.3 Å². The summed E-state index contributed by atoms with van der Waals surface area (Å²) < 4.78 is 24.9. The Morgan fingerprint density at radius 1 is 1.10 bits per heavy atom. The van der Waals surface area contributed by atoms with Crippen LogP contribution >= 0.6 is 15.9 Å². The molecule has 0 heterocycles. The highest BCUT2D eigenvalue weighted by molar-refractivity contribution is 9.10. The van der Waals surface area contributed by atoms with E-state index < -0.39 is 14.8 Å². The van der Waals surface area contributed by atoms with E-state index in [-0.39, 0.29) is 16.3 Å². The summed E-state index contributed by atoms with van der Waals surface area (Å²) in [5.41, 5.74) is 0.376. The van der Waals surface area contributed by atoms with Crippen molar-refractivity contribution in [3.05, 3.63) is 68.7 Å². The zero-order valence-corrected chi connectivity index (χ0v) is 12.6. The van der Waals surface area contributed by atoms with Gasteiger partial charge in [-0.05, 0) is 11.6 Å². The summed E-state index contributed by atoms with van der Waals surface area (Å²) in [5, 5.41) is 10.8. The molecule has 0 aliphatic rings. The van der Waals surface area contributed by atoms with Crippen molar-refractivity contribution in [2.24, 2.45) is 0 Å². The Balaban J connectivity index is 2.42. The van der Waals surface area contributed by atoms with Gasteiger partial charge in [0.25, 0.3) is 5.69 Å². The van der Waals surface area contributed by atoms with E-state index in [1.807, 2.05) is 0 Å². The van der Waals surface area contributed by atoms with Gasteiger partial charge >= 0.3 is 0 Å². The number of non-ortho nitro benzene ring substituents is 1. The number of rotatable bonds is 4. The highest BCUT2D eigenvalue weighted by Gasteiger charge is 2.19. The summed E-state index contributed by atoms with van der Waals surface area (Å²) in [5.74, 6) is -0.193. The summed E-state index contributed by atoms with van der Waals surface area (Å²) in [6.45, 7) is 0. The summed E-state index contributed by atoms with van der Waals surface area (Å²) in [4.78, 5) is 10.1. The van der Waals surface area contributed by atoms with Gasteiger partial charge in [0.15, 0.2) is 9.84 Å². The van der Waals surface area contributed by atoms with Gasteiger partial charge < -0.3 is 0 Å². The quantitative estimate of drug-likeness (QED) is 0.622. The Hall–Kier alpha value is -1.73. The number of nitrogens with zero attached hydrogens (tertiary/aromatic N) is 1. The lowest BCUT2D eigenvalue weighted by Crippen LogP contribution is -2.05. The van der Waals surface area contributed by atoms with Gasteiger partial charge in [0.05, 0.1) is 15.6 Å². The molecular weight excluding hydrogens is 346 g/mol. The van der Waals surface area contributed by atoms with E-state index in [0.29, 0.717) is 10.0 Å². The normalized spacial score (nSPS) is 11.2. The Labute approximate surface area is 124 Å². The average Bonchev–Trinajstić information content (AvgIpc) is 2.38. The lowest BCUT2D eigenvalue weighted by molar-refractivity contribution is -0.385. The number of nitro benzene ring substituents is 1. The molecule has 2 aromatic rings. The Bertz CT molecular complexity index is 744. The van der Waals surface area contributed by atoms with Crippen LogP contribution in [0.3, 0.4) is 0 Å². The number of benzene rings is 2. The van der Waals surface area contributed by atoms with E-state index in [4.69, 9.17) is 0 Å². The third kappa shape index (κ3) is 3.43. The maximum atomic E-state index is 12.3. The topological polar surface area (TPSA) is 77.3 Å². The SMILES string of the molecule is O=[N+]([O-])c1cc(Br)cc(S(=O)(=O)Cc2ccccc2)c1. The summed E-state index contributed by atoms with van der Waals surface area (Å²) >= 11 is 3.09. The van der Waals surface area contributed by atoms with Gasteiger partial charge in [-0.2, -0.15) is 0 Å². The molecule has 0 spiro atoms. The first-order chi connectivity index (χ1) is 9.38. The molecule has 0 saturated carbocycles. The van der Waals surface area contributed by atoms with E-state index in [1.165, 1.54) is 12.1 Å². The smallest absolute Gasteiger partial charge is 0.258 e. The minimum atomic E-state index is -3.63. The number of halogens is 1. The van der Waals surface area contributed by atoms with Crippen molar-refractivity contribution in [2.45, 2.75) is 10.6 Å². The maximum Gasteiger partial charge on any atom is 0.271 e. The molecule has 0 saturated heterocycles. The largest absolute Gasteiger partial charge is 0.271 e. The van der Waals surface area contributed by atoms with Crippen molar-refractivity contribution < 1.29 is 13.3 Å². The third-order valence-electron chi connectivity index (χ3n) is 2.63. The average molecular weight is 356 g/mol. The predicted octanol–water partition coefficient (Wildman–Crippen LogP) is 3.33. The number of nitro groups is 1. The van der Waals surface area contributed by atoms with E-state index in [9.17, 15) is 18.5 Å². The number of hydrogen-bond acceptors (Lipinski definition) is 4. The molecule has 2 rings (SSSR count). The van der Waals surface area contributed by atoms with Crippen LogP contribution in [-0.2, 0) is 15.6 Å². The third-order valence-corrected chi connectivity index (χ3v) is 4.75. The molecule has 0 N–H and O–H groups in total. The molecule has 20 heavy (non-hydrogen) atoms. The first-order valence-electron chi connectivity index (χ1n) is 5.60. The number of sulfone groups is 1. The molecule has 0 aliphatic heterocycles. The van der Waals surface area contributed by atoms with Crippen molar-refractivity contribution in [1.29, 1.82) is 0 Å². The second-order valence-electron chi connectivity index (χ2n) is 4.15. The van der Waals surface area contributed by atoms with Gasteiger partial charge in [-0.3, -0.25) is 10.1 Å². The van der Waals surface area contributed by atoms with Gasteiger partial charge in [0.1, 0.15) is 0 Å². The van der Waals surface area contributed by atoms with Crippen molar-refractivity contribution in [2.75, 3.05) is 0 Å². The number of hydrogen-bond donors (Lipinski definition) is 0. The molecule has 0 atom stereocenters. The fraction of sp³-hybridized carbons (Fsp3) is 0.0769. The van der Waals surface area contributed by atoms with Gasteiger partial charge in [0, 0.05) is 16.6 Å². The van der Waals surface area contributed by atoms with Crippen molar-refractivity contribution in [3.8, 4) is 0 Å². The van der Waals surface area contributed by atoms with Crippen LogP contribution in [0, 0.1) is 10.1 Å². The van der Waals surface area contributed by atoms with Crippen LogP contribution in [0.15, 0.2) is 57.9 Å². The Morgan fingerprint density at radius 3 is 2.35 bits per heavy atom. The van der Waals surface area contributed by atoms with Crippen molar-refractivity contribution >= 4 is 31.5 Å². The first kappa shape index (κ1) is 14.7. The maximum absolute atomic E-state index is 12.3. The molecule has 0 aliphatic carbocycles. The minimum absolute atomic E-state index is 0.0672. The Kier molecular flexibility index (Phi) is 4.20.